The van der Waals surface area contributed by atoms with E-state index in [9.17, 15) is 4.39 Å². The Balaban J connectivity index is 2.44. The molecule has 2 rings (SSSR count). The average molecular weight is 312 g/mol. The van der Waals surface area contributed by atoms with E-state index >= 15 is 0 Å². The highest BCUT2D eigenvalue weighted by molar-refractivity contribution is 7.10. The minimum atomic E-state index is -0.248. The first kappa shape index (κ1) is 15.5. The van der Waals surface area contributed by atoms with Crippen molar-refractivity contribution in [3.63, 3.8) is 0 Å². The maximum absolute atomic E-state index is 13.6. The van der Waals surface area contributed by atoms with Gasteiger partial charge in [0.05, 0.1) is 6.04 Å². The lowest BCUT2D eigenvalue weighted by Gasteiger charge is -2.20. The number of hydrogen-bond donors (Lipinski definition) is 1. The van der Waals surface area contributed by atoms with Crippen LogP contribution in [0, 0.1) is 5.82 Å². The molecule has 108 valence electrons. The number of benzene rings is 1. The third-order valence-corrected chi connectivity index (χ3v) is 4.66. The van der Waals surface area contributed by atoms with Gasteiger partial charge in [0.15, 0.2) is 0 Å². The summed E-state index contributed by atoms with van der Waals surface area (Å²) in [6.07, 6.45) is 1.99. The molecule has 1 aromatic heterocycles. The van der Waals surface area contributed by atoms with Crippen LogP contribution in [0.25, 0.3) is 0 Å². The summed E-state index contributed by atoms with van der Waals surface area (Å²) in [5, 5.41) is 6.18. The van der Waals surface area contributed by atoms with Gasteiger partial charge in [-0.2, -0.15) is 0 Å². The summed E-state index contributed by atoms with van der Waals surface area (Å²) in [7, 11) is 0. The normalized spacial score (nSPS) is 12.6. The third-order valence-electron chi connectivity index (χ3n) is 3.29. The van der Waals surface area contributed by atoms with Crippen molar-refractivity contribution in [1.82, 2.24) is 5.32 Å². The average Bonchev–Trinajstić information content (AvgIpc) is 2.91. The van der Waals surface area contributed by atoms with Crippen LogP contribution in [-0.2, 0) is 6.42 Å². The van der Waals surface area contributed by atoms with E-state index in [-0.39, 0.29) is 11.9 Å². The molecule has 0 aliphatic rings. The highest BCUT2D eigenvalue weighted by atomic mass is 35.5. The topological polar surface area (TPSA) is 12.0 Å². The molecule has 1 nitrogen and oxygen atoms in total. The van der Waals surface area contributed by atoms with Gasteiger partial charge in [-0.1, -0.05) is 25.4 Å². The molecule has 1 N–H and O–H groups in total. The first-order valence-corrected chi connectivity index (χ1v) is 8.17. The van der Waals surface area contributed by atoms with Crippen molar-refractivity contribution in [3.05, 3.63) is 56.5 Å². The molecule has 0 aliphatic heterocycles. The summed E-state index contributed by atoms with van der Waals surface area (Å²) < 4.78 is 13.6. The molecule has 0 spiro atoms. The predicted molar refractivity (Wildman–Crippen MR) is 85.2 cm³/mol. The Bertz CT molecular complexity index is 567. The standard InChI is InChI=1S/C16H19ClFNS/c1-3-8-19-15(16-11(4-2)7-9-20-16)13-10-12(18)5-6-14(13)17/h5-7,9-10,15,19H,3-4,8H2,1-2H3. The van der Waals surface area contributed by atoms with Crippen LogP contribution < -0.4 is 5.32 Å². The van der Waals surface area contributed by atoms with E-state index in [2.05, 4.69) is 30.6 Å². The van der Waals surface area contributed by atoms with E-state index in [0.717, 1.165) is 24.9 Å². The molecule has 4 heteroatoms. The molecule has 20 heavy (non-hydrogen) atoms. The van der Waals surface area contributed by atoms with Gasteiger partial charge in [0.1, 0.15) is 5.82 Å². The van der Waals surface area contributed by atoms with Gasteiger partial charge in [-0.3, -0.25) is 0 Å². The highest BCUT2D eigenvalue weighted by Gasteiger charge is 2.20. The van der Waals surface area contributed by atoms with Gasteiger partial charge in [0.25, 0.3) is 0 Å². The van der Waals surface area contributed by atoms with Crippen molar-refractivity contribution >= 4 is 22.9 Å². The second-order valence-corrected chi connectivity index (χ2v) is 6.07. The van der Waals surface area contributed by atoms with Crippen LogP contribution in [0.4, 0.5) is 4.39 Å². The molecule has 0 aliphatic carbocycles. The lowest BCUT2D eigenvalue weighted by atomic mass is 10.0. The number of rotatable bonds is 6. The van der Waals surface area contributed by atoms with Gasteiger partial charge in [0, 0.05) is 9.90 Å². The fraction of sp³-hybridized carbons (Fsp3) is 0.375. The lowest BCUT2D eigenvalue weighted by Crippen LogP contribution is -2.23. The number of aryl methyl sites for hydroxylation is 1. The summed E-state index contributed by atoms with van der Waals surface area (Å²) in [6, 6.07) is 6.67. The van der Waals surface area contributed by atoms with Crippen LogP contribution in [0.1, 0.15) is 42.3 Å². The molecule has 0 fully saturated rings. The van der Waals surface area contributed by atoms with Crippen molar-refractivity contribution in [1.29, 1.82) is 0 Å². The van der Waals surface area contributed by atoms with Crippen molar-refractivity contribution in [2.45, 2.75) is 32.7 Å². The molecule has 0 saturated carbocycles. The first-order chi connectivity index (χ1) is 9.67. The number of nitrogens with one attached hydrogen (secondary N) is 1. The van der Waals surface area contributed by atoms with Crippen LogP contribution in [0.2, 0.25) is 5.02 Å². The largest absolute Gasteiger partial charge is 0.306 e. The van der Waals surface area contributed by atoms with Gasteiger partial charge >= 0.3 is 0 Å². The molecule has 1 heterocycles. The minimum absolute atomic E-state index is 0.0342. The fourth-order valence-electron chi connectivity index (χ4n) is 2.26. The Labute approximate surface area is 128 Å². The van der Waals surface area contributed by atoms with E-state index in [1.54, 1.807) is 17.4 Å². The zero-order valence-electron chi connectivity index (χ0n) is 11.7. The third kappa shape index (κ3) is 3.40. The molecule has 0 amide bonds. The number of hydrogen-bond acceptors (Lipinski definition) is 2. The quantitative estimate of drug-likeness (QED) is 0.774. The van der Waals surface area contributed by atoms with Gasteiger partial charge in [-0.15, -0.1) is 11.3 Å². The Morgan fingerprint density at radius 1 is 1.30 bits per heavy atom. The number of halogens is 2. The Morgan fingerprint density at radius 2 is 2.10 bits per heavy atom. The maximum Gasteiger partial charge on any atom is 0.123 e. The van der Waals surface area contributed by atoms with E-state index in [1.165, 1.54) is 22.6 Å². The summed E-state index contributed by atoms with van der Waals surface area (Å²) >= 11 is 7.98. The monoisotopic (exact) mass is 311 g/mol. The van der Waals surface area contributed by atoms with Crippen molar-refractivity contribution in [3.8, 4) is 0 Å². The van der Waals surface area contributed by atoms with Crippen LogP contribution in [0.15, 0.2) is 29.6 Å². The number of thiophene rings is 1. The molecule has 0 radical (unpaired) electrons. The van der Waals surface area contributed by atoms with E-state index in [1.807, 2.05) is 0 Å². The molecule has 1 unspecified atom stereocenters. The highest BCUT2D eigenvalue weighted by Crippen LogP contribution is 2.34. The molecule has 0 saturated heterocycles. The van der Waals surface area contributed by atoms with Gasteiger partial charge < -0.3 is 5.32 Å². The van der Waals surface area contributed by atoms with Gasteiger partial charge in [0.2, 0.25) is 0 Å². The summed E-state index contributed by atoms with van der Waals surface area (Å²) in [4.78, 5) is 1.23. The smallest absolute Gasteiger partial charge is 0.123 e. The predicted octanol–water partition coefficient (Wildman–Crippen LogP) is 5.19. The Kier molecular flexibility index (Phi) is 5.58. The van der Waals surface area contributed by atoms with E-state index in [0.29, 0.717) is 5.02 Å². The fourth-order valence-corrected chi connectivity index (χ4v) is 3.58. The Morgan fingerprint density at radius 3 is 2.80 bits per heavy atom. The molecular formula is C16H19ClFNS. The van der Waals surface area contributed by atoms with E-state index < -0.39 is 0 Å². The molecule has 0 bridgehead atoms. The molecular weight excluding hydrogens is 293 g/mol. The second kappa shape index (κ2) is 7.21. The molecule has 2 aromatic rings. The zero-order valence-corrected chi connectivity index (χ0v) is 13.3. The van der Waals surface area contributed by atoms with Crippen molar-refractivity contribution in [2.75, 3.05) is 6.54 Å². The van der Waals surface area contributed by atoms with Crippen LogP contribution in [0.3, 0.4) is 0 Å². The summed E-state index contributed by atoms with van der Waals surface area (Å²) in [5.41, 5.74) is 2.11. The van der Waals surface area contributed by atoms with Crippen LogP contribution >= 0.6 is 22.9 Å². The zero-order chi connectivity index (χ0) is 14.5. The Hall–Kier alpha value is -0.900. The van der Waals surface area contributed by atoms with Crippen molar-refractivity contribution in [2.24, 2.45) is 0 Å². The summed E-state index contributed by atoms with van der Waals surface area (Å²) in [5.74, 6) is -0.248. The summed E-state index contributed by atoms with van der Waals surface area (Å²) in [6.45, 7) is 5.13. The van der Waals surface area contributed by atoms with Gasteiger partial charge in [-0.25, -0.2) is 4.39 Å². The second-order valence-electron chi connectivity index (χ2n) is 4.72. The minimum Gasteiger partial charge on any atom is -0.306 e. The molecule has 1 aromatic carbocycles. The van der Waals surface area contributed by atoms with Crippen molar-refractivity contribution < 1.29 is 4.39 Å². The van der Waals surface area contributed by atoms with E-state index in [4.69, 9.17) is 11.6 Å². The van der Waals surface area contributed by atoms with Gasteiger partial charge in [-0.05, 0) is 60.2 Å². The molecule has 1 atom stereocenters. The lowest BCUT2D eigenvalue weighted by molar-refractivity contribution is 0.588. The maximum atomic E-state index is 13.6. The first-order valence-electron chi connectivity index (χ1n) is 6.92. The van der Waals surface area contributed by atoms with Crippen LogP contribution in [-0.4, -0.2) is 6.54 Å². The SMILES string of the molecule is CCCNC(c1cc(F)ccc1Cl)c1sccc1CC. The van der Waals surface area contributed by atoms with Crippen LogP contribution in [0.5, 0.6) is 0 Å².